The summed E-state index contributed by atoms with van der Waals surface area (Å²) >= 11 is 0. The highest BCUT2D eigenvalue weighted by molar-refractivity contribution is 7.89. The van der Waals surface area contributed by atoms with Gasteiger partial charge in [0.05, 0.1) is 12.1 Å². The van der Waals surface area contributed by atoms with Crippen LogP contribution in [0.2, 0.25) is 0 Å². The average molecular weight is 314 g/mol. The van der Waals surface area contributed by atoms with E-state index in [2.05, 4.69) is 9.71 Å². The monoisotopic (exact) mass is 314 g/mol. The highest BCUT2D eigenvalue weighted by atomic mass is 32.2. The van der Waals surface area contributed by atoms with Crippen LogP contribution in [0.1, 0.15) is 19.3 Å². The van der Waals surface area contributed by atoms with Crippen LogP contribution in [0.4, 0.5) is 4.39 Å². The van der Waals surface area contributed by atoms with E-state index in [1.807, 2.05) is 0 Å². The van der Waals surface area contributed by atoms with Crippen molar-refractivity contribution in [2.75, 3.05) is 0 Å². The number of rotatable bonds is 4. The molecule has 2 aliphatic carbocycles. The van der Waals surface area contributed by atoms with Gasteiger partial charge in [-0.1, -0.05) is 0 Å². The molecule has 0 amide bonds. The van der Waals surface area contributed by atoms with Gasteiger partial charge in [0.15, 0.2) is 0 Å². The molecule has 2 bridgehead atoms. The number of aromatic nitrogens is 1. The van der Waals surface area contributed by atoms with Gasteiger partial charge in [-0.05, 0) is 37.2 Å². The maximum atomic E-state index is 13.1. The number of carboxylic acids is 1. The number of aliphatic carboxylic acids is 1. The second-order valence-corrected chi connectivity index (χ2v) is 7.40. The number of hydrogen-bond acceptors (Lipinski definition) is 4. The first-order valence-electron chi connectivity index (χ1n) is 6.74. The third kappa shape index (κ3) is 2.53. The van der Waals surface area contributed by atoms with Gasteiger partial charge in [-0.25, -0.2) is 17.5 Å². The van der Waals surface area contributed by atoms with Crippen LogP contribution >= 0.6 is 0 Å². The Morgan fingerprint density at radius 1 is 1.33 bits per heavy atom. The maximum Gasteiger partial charge on any atom is 0.308 e. The Hall–Kier alpha value is -1.54. The molecule has 21 heavy (non-hydrogen) atoms. The Labute approximate surface area is 121 Å². The number of halogens is 1. The zero-order valence-electron chi connectivity index (χ0n) is 11.1. The van der Waals surface area contributed by atoms with Gasteiger partial charge in [0.25, 0.3) is 0 Å². The van der Waals surface area contributed by atoms with Gasteiger partial charge >= 0.3 is 5.97 Å². The van der Waals surface area contributed by atoms with E-state index < -0.39 is 33.8 Å². The van der Waals surface area contributed by atoms with Gasteiger partial charge < -0.3 is 5.11 Å². The van der Waals surface area contributed by atoms with E-state index in [0.29, 0.717) is 0 Å². The Balaban J connectivity index is 1.87. The fraction of sp³-hybridized carbons (Fsp3) is 0.538. The van der Waals surface area contributed by atoms with Crippen LogP contribution < -0.4 is 4.72 Å². The van der Waals surface area contributed by atoms with Gasteiger partial charge in [-0.2, -0.15) is 0 Å². The molecule has 3 rings (SSSR count). The highest BCUT2D eigenvalue weighted by Crippen LogP contribution is 2.48. The summed E-state index contributed by atoms with van der Waals surface area (Å²) in [6.45, 7) is 0. The van der Waals surface area contributed by atoms with Crippen LogP contribution in [-0.2, 0) is 14.8 Å². The molecule has 1 heterocycles. The third-order valence-electron chi connectivity index (χ3n) is 4.48. The quantitative estimate of drug-likeness (QED) is 0.864. The molecule has 8 heteroatoms. The SMILES string of the molecule is O=C(O)C1C2CCC(C2)C1NS(=O)(=O)c1cncc(F)c1. The fourth-order valence-corrected chi connectivity index (χ4v) is 4.90. The number of pyridine rings is 1. The van der Waals surface area contributed by atoms with Crippen LogP contribution in [0.5, 0.6) is 0 Å². The number of nitrogens with zero attached hydrogens (tertiary/aromatic N) is 1. The van der Waals surface area contributed by atoms with Crippen LogP contribution in [-0.4, -0.2) is 30.5 Å². The molecule has 1 aromatic heterocycles. The standard InChI is InChI=1S/C13H15FN2O4S/c14-9-4-10(6-15-5-9)21(19,20)16-12-8-2-1-7(3-8)11(12)13(17)18/h4-8,11-12,16H,1-3H2,(H,17,18). The summed E-state index contributed by atoms with van der Waals surface area (Å²) in [5.41, 5.74) is 0. The van der Waals surface area contributed by atoms with Crippen molar-refractivity contribution in [3.8, 4) is 0 Å². The fourth-order valence-electron chi connectivity index (χ4n) is 3.60. The molecule has 2 N–H and O–H groups in total. The number of fused-ring (bicyclic) bond motifs is 2. The molecule has 0 aliphatic heterocycles. The minimum absolute atomic E-state index is 0.0193. The molecule has 0 radical (unpaired) electrons. The molecule has 0 aromatic carbocycles. The first-order chi connectivity index (χ1) is 9.88. The lowest BCUT2D eigenvalue weighted by Crippen LogP contribution is -2.46. The Morgan fingerprint density at radius 2 is 2.05 bits per heavy atom. The molecule has 1 aromatic rings. The van der Waals surface area contributed by atoms with Crippen molar-refractivity contribution >= 4 is 16.0 Å². The number of nitrogens with one attached hydrogen (secondary N) is 1. The van der Waals surface area contributed by atoms with Crippen molar-refractivity contribution in [2.24, 2.45) is 17.8 Å². The number of sulfonamides is 1. The van der Waals surface area contributed by atoms with E-state index in [-0.39, 0.29) is 16.7 Å². The van der Waals surface area contributed by atoms with Gasteiger partial charge in [0.2, 0.25) is 10.0 Å². The molecule has 2 aliphatic rings. The van der Waals surface area contributed by atoms with Crippen LogP contribution in [0.25, 0.3) is 0 Å². The van der Waals surface area contributed by atoms with Crippen molar-refractivity contribution < 1.29 is 22.7 Å². The van der Waals surface area contributed by atoms with Gasteiger partial charge in [-0.3, -0.25) is 9.78 Å². The highest BCUT2D eigenvalue weighted by Gasteiger charge is 2.52. The Bertz CT molecular complexity index is 679. The van der Waals surface area contributed by atoms with Crippen molar-refractivity contribution in [2.45, 2.75) is 30.2 Å². The summed E-state index contributed by atoms with van der Waals surface area (Å²) in [4.78, 5) is 14.6. The lowest BCUT2D eigenvalue weighted by molar-refractivity contribution is -0.144. The minimum Gasteiger partial charge on any atom is -0.481 e. The average Bonchev–Trinajstić information content (AvgIpc) is 2.98. The normalized spacial score (nSPS) is 31.5. The summed E-state index contributed by atoms with van der Waals surface area (Å²) in [5.74, 6) is -2.38. The largest absolute Gasteiger partial charge is 0.481 e. The predicted octanol–water partition coefficient (Wildman–Crippen LogP) is 0.998. The lowest BCUT2D eigenvalue weighted by Gasteiger charge is -2.28. The van der Waals surface area contributed by atoms with E-state index in [9.17, 15) is 22.7 Å². The van der Waals surface area contributed by atoms with E-state index in [1.54, 1.807) is 0 Å². The molecule has 114 valence electrons. The van der Waals surface area contributed by atoms with E-state index in [0.717, 1.165) is 37.7 Å². The van der Waals surface area contributed by atoms with Crippen molar-refractivity contribution in [3.05, 3.63) is 24.3 Å². The number of hydrogen-bond donors (Lipinski definition) is 2. The zero-order chi connectivity index (χ0) is 15.2. The van der Waals surface area contributed by atoms with Gasteiger partial charge in [-0.15, -0.1) is 0 Å². The second kappa shape index (κ2) is 5.03. The van der Waals surface area contributed by atoms with E-state index in [4.69, 9.17) is 0 Å². The molecule has 6 nitrogen and oxygen atoms in total. The van der Waals surface area contributed by atoms with Crippen molar-refractivity contribution in [1.29, 1.82) is 0 Å². The topological polar surface area (TPSA) is 96.4 Å². The smallest absolute Gasteiger partial charge is 0.308 e. The summed E-state index contributed by atoms with van der Waals surface area (Å²) in [5, 5.41) is 9.31. The zero-order valence-corrected chi connectivity index (χ0v) is 11.9. The second-order valence-electron chi connectivity index (χ2n) is 5.68. The number of carbonyl (C=O) groups is 1. The van der Waals surface area contributed by atoms with Crippen LogP contribution in [0, 0.1) is 23.6 Å². The first-order valence-corrected chi connectivity index (χ1v) is 8.22. The molecule has 2 fully saturated rings. The van der Waals surface area contributed by atoms with E-state index >= 15 is 0 Å². The summed E-state index contributed by atoms with van der Waals surface area (Å²) in [6.07, 6.45) is 4.33. The molecule has 4 atom stereocenters. The molecular weight excluding hydrogens is 299 g/mol. The third-order valence-corrected chi connectivity index (χ3v) is 5.91. The molecule has 4 unspecified atom stereocenters. The first kappa shape index (κ1) is 14.4. The summed E-state index contributed by atoms with van der Waals surface area (Å²) in [6, 6.07) is 0.243. The predicted molar refractivity (Wildman–Crippen MR) is 70.3 cm³/mol. The molecular formula is C13H15FN2O4S. The summed E-state index contributed by atoms with van der Waals surface area (Å²) < 4.78 is 40.1. The van der Waals surface area contributed by atoms with Crippen molar-refractivity contribution in [1.82, 2.24) is 9.71 Å². The molecule has 0 spiro atoms. The van der Waals surface area contributed by atoms with Crippen LogP contribution in [0.3, 0.4) is 0 Å². The maximum absolute atomic E-state index is 13.1. The lowest BCUT2D eigenvalue weighted by atomic mass is 9.85. The van der Waals surface area contributed by atoms with Gasteiger partial charge in [0.1, 0.15) is 10.7 Å². The molecule has 0 saturated heterocycles. The van der Waals surface area contributed by atoms with E-state index in [1.165, 1.54) is 0 Å². The van der Waals surface area contributed by atoms with Crippen molar-refractivity contribution in [3.63, 3.8) is 0 Å². The Morgan fingerprint density at radius 3 is 2.71 bits per heavy atom. The Kier molecular flexibility index (Phi) is 3.45. The molecule has 2 saturated carbocycles. The van der Waals surface area contributed by atoms with Gasteiger partial charge in [0, 0.05) is 12.2 Å². The van der Waals surface area contributed by atoms with Crippen LogP contribution in [0.15, 0.2) is 23.4 Å². The number of carboxylic acid groups (broad SMARTS) is 1. The minimum atomic E-state index is -3.97. The summed E-state index contributed by atoms with van der Waals surface area (Å²) in [7, 11) is -3.97.